The second-order valence-corrected chi connectivity index (χ2v) is 4.91. The van der Waals surface area contributed by atoms with E-state index in [9.17, 15) is 0 Å². The van der Waals surface area contributed by atoms with Crippen LogP contribution in [0.2, 0.25) is 0 Å². The summed E-state index contributed by atoms with van der Waals surface area (Å²) in [6.07, 6.45) is 9.99. The molecule has 1 saturated carbocycles. The van der Waals surface area contributed by atoms with E-state index in [-0.39, 0.29) is 0 Å². The highest BCUT2D eigenvalue weighted by atomic mass is 14.9. The zero-order chi connectivity index (χ0) is 12.1. The third-order valence-electron chi connectivity index (χ3n) is 3.48. The van der Waals surface area contributed by atoms with Gasteiger partial charge in [-0.25, -0.2) is 0 Å². The summed E-state index contributed by atoms with van der Waals surface area (Å²) >= 11 is 0. The first-order chi connectivity index (χ1) is 8.33. The smallest absolute Gasteiger partial charge is 0.0240 e. The molecule has 1 aromatic carbocycles. The van der Waals surface area contributed by atoms with E-state index in [1.54, 1.807) is 0 Å². The fourth-order valence-corrected chi connectivity index (χ4v) is 2.09. The fourth-order valence-electron chi connectivity index (χ4n) is 2.09. The van der Waals surface area contributed by atoms with E-state index in [1.165, 1.54) is 24.0 Å². The monoisotopic (exact) mass is 227 g/mol. The van der Waals surface area contributed by atoms with Crippen LogP contribution in [0.3, 0.4) is 0 Å². The molecule has 1 N–H and O–H groups in total. The van der Waals surface area contributed by atoms with Crippen LogP contribution in [0.5, 0.6) is 0 Å². The first kappa shape index (κ1) is 12.2. The van der Waals surface area contributed by atoms with Gasteiger partial charge < -0.3 is 5.32 Å². The van der Waals surface area contributed by atoms with E-state index in [0.29, 0.717) is 6.04 Å². The normalized spacial score (nSPS) is 16.5. The molecule has 0 radical (unpaired) electrons. The largest absolute Gasteiger partial charge is 0.309 e. The summed E-state index contributed by atoms with van der Waals surface area (Å²) < 4.78 is 0. The molecule has 90 valence electrons. The maximum absolute atomic E-state index is 5.34. The average Bonchev–Trinajstić information content (AvgIpc) is 3.19. The molecule has 1 unspecified atom stereocenters. The van der Waals surface area contributed by atoms with E-state index >= 15 is 0 Å². The van der Waals surface area contributed by atoms with Crippen molar-refractivity contribution in [1.29, 1.82) is 0 Å². The van der Waals surface area contributed by atoms with Crippen LogP contribution in [0.25, 0.3) is 0 Å². The molecule has 17 heavy (non-hydrogen) atoms. The predicted octanol–water partition coefficient (Wildman–Crippen LogP) is 3.46. The third kappa shape index (κ3) is 3.61. The van der Waals surface area contributed by atoms with Gasteiger partial charge in [0.05, 0.1) is 0 Å². The number of rotatable bonds is 6. The SMILES string of the molecule is C#CCC(CC)NCc1ccc(C2CC2)cc1. The number of terminal acetylenes is 1. The summed E-state index contributed by atoms with van der Waals surface area (Å²) in [5.41, 5.74) is 2.86. The summed E-state index contributed by atoms with van der Waals surface area (Å²) in [4.78, 5) is 0. The van der Waals surface area contributed by atoms with Crippen LogP contribution in [0.4, 0.5) is 0 Å². The van der Waals surface area contributed by atoms with Gasteiger partial charge >= 0.3 is 0 Å². The van der Waals surface area contributed by atoms with Gasteiger partial charge in [-0.2, -0.15) is 0 Å². The Morgan fingerprint density at radius 2 is 2.06 bits per heavy atom. The van der Waals surface area contributed by atoms with Crippen molar-refractivity contribution < 1.29 is 0 Å². The topological polar surface area (TPSA) is 12.0 Å². The van der Waals surface area contributed by atoms with Crippen molar-refractivity contribution in [2.75, 3.05) is 0 Å². The van der Waals surface area contributed by atoms with Crippen molar-refractivity contribution in [2.24, 2.45) is 0 Å². The molecule has 0 saturated heterocycles. The van der Waals surface area contributed by atoms with E-state index in [2.05, 4.69) is 42.4 Å². The van der Waals surface area contributed by atoms with Gasteiger partial charge in [0.1, 0.15) is 0 Å². The highest BCUT2D eigenvalue weighted by Gasteiger charge is 2.22. The molecule has 0 aliphatic heterocycles. The molecule has 1 heteroatoms. The van der Waals surface area contributed by atoms with Gasteiger partial charge in [-0.1, -0.05) is 31.2 Å². The third-order valence-corrected chi connectivity index (χ3v) is 3.48. The van der Waals surface area contributed by atoms with Crippen molar-refractivity contribution in [3.8, 4) is 12.3 Å². The molecule has 0 bridgehead atoms. The van der Waals surface area contributed by atoms with Crippen molar-refractivity contribution in [2.45, 2.75) is 51.1 Å². The summed E-state index contributed by atoms with van der Waals surface area (Å²) in [5, 5.41) is 3.51. The summed E-state index contributed by atoms with van der Waals surface area (Å²) in [7, 11) is 0. The first-order valence-corrected chi connectivity index (χ1v) is 6.59. The van der Waals surface area contributed by atoms with Gasteiger partial charge in [0.25, 0.3) is 0 Å². The van der Waals surface area contributed by atoms with Gasteiger partial charge in [-0.15, -0.1) is 12.3 Å². The zero-order valence-electron chi connectivity index (χ0n) is 10.6. The predicted molar refractivity (Wildman–Crippen MR) is 72.8 cm³/mol. The molecule has 1 aliphatic rings. The number of benzene rings is 1. The number of hydrogen-bond donors (Lipinski definition) is 1. The lowest BCUT2D eigenvalue weighted by Gasteiger charge is -2.14. The molecule has 0 aromatic heterocycles. The van der Waals surface area contributed by atoms with E-state index in [1.807, 2.05) is 0 Å². The van der Waals surface area contributed by atoms with Crippen LogP contribution in [0, 0.1) is 12.3 Å². The second-order valence-electron chi connectivity index (χ2n) is 4.91. The van der Waals surface area contributed by atoms with Crippen LogP contribution in [-0.4, -0.2) is 6.04 Å². The van der Waals surface area contributed by atoms with E-state index < -0.39 is 0 Å². The Morgan fingerprint density at radius 3 is 2.59 bits per heavy atom. The van der Waals surface area contributed by atoms with E-state index in [4.69, 9.17) is 6.42 Å². The Bertz CT molecular complexity index is 381. The minimum Gasteiger partial charge on any atom is -0.309 e. The van der Waals surface area contributed by atoms with Gasteiger partial charge in [0, 0.05) is 19.0 Å². The number of hydrogen-bond acceptors (Lipinski definition) is 1. The van der Waals surface area contributed by atoms with E-state index in [0.717, 1.165) is 25.3 Å². The second kappa shape index (κ2) is 5.89. The maximum atomic E-state index is 5.34. The fraction of sp³-hybridized carbons (Fsp3) is 0.500. The highest BCUT2D eigenvalue weighted by molar-refractivity contribution is 5.28. The maximum Gasteiger partial charge on any atom is 0.0240 e. The lowest BCUT2D eigenvalue weighted by Crippen LogP contribution is -2.27. The van der Waals surface area contributed by atoms with Crippen LogP contribution >= 0.6 is 0 Å². The van der Waals surface area contributed by atoms with Gasteiger partial charge in [0.15, 0.2) is 0 Å². The Balaban J connectivity index is 1.83. The molecule has 1 atom stereocenters. The van der Waals surface area contributed by atoms with Crippen molar-refractivity contribution in [3.05, 3.63) is 35.4 Å². The van der Waals surface area contributed by atoms with Gasteiger partial charge in [0.2, 0.25) is 0 Å². The zero-order valence-corrected chi connectivity index (χ0v) is 10.6. The molecule has 1 fully saturated rings. The highest BCUT2D eigenvalue weighted by Crippen LogP contribution is 2.39. The van der Waals surface area contributed by atoms with Gasteiger partial charge in [-0.05, 0) is 36.3 Å². The lowest BCUT2D eigenvalue weighted by atomic mass is 10.1. The molecule has 2 rings (SSSR count). The molecule has 1 nitrogen and oxygen atoms in total. The lowest BCUT2D eigenvalue weighted by molar-refractivity contribution is 0.507. The Morgan fingerprint density at radius 1 is 1.35 bits per heavy atom. The standard InChI is InChI=1S/C16H21N/c1-3-5-16(4-2)17-12-13-6-8-14(9-7-13)15-10-11-15/h1,6-9,15-17H,4-5,10-12H2,2H3. The molecular weight excluding hydrogens is 206 g/mol. The summed E-state index contributed by atoms with van der Waals surface area (Å²) in [6, 6.07) is 9.48. The first-order valence-electron chi connectivity index (χ1n) is 6.59. The van der Waals surface area contributed by atoms with Crippen LogP contribution in [0.1, 0.15) is 49.7 Å². The Labute approximate surface area is 105 Å². The van der Waals surface area contributed by atoms with Crippen molar-refractivity contribution in [3.63, 3.8) is 0 Å². The quantitative estimate of drug-likeness (QED) is 0.734. The van der Waals surface area contributed by atoms with Crippen LogP contribution in [-0.2, 0) is 6.54 Å². The van der Waals surface area contributed by atoms with Gasteiger partial charge in [-0.3, -0.25) is 0 Å². The molecule has 0 spiro atoms. The van der Waals surface area contributed by atoms with Crippen LogP contribution < -0.4 is 5.32 Å². The average molecular weight is 227 g/mol. The Kier molecular flexibility index (Phi) is 4.23. The van der Waals surface area contributed by atoms with Crippen molar-refractivity contribution >= 4 is 0 Å². The number of nitrogens with one attached hydrogen (secondary N) is 1. The summed E-state index contributed by atoms with van der Waals surface area (Å²) in [6.45, 7) is 3.09. The molecular formula is C16H21N. The van der Waals surface area contributed by atoms with Crippen LogP contribution in [0.15, 0.2) is 24.3 Å². The minimum absolute atomic E-state index is 0.447. The molecule has 0 heterocycles. The minimum atomic E-state index is 0.447. The molecule has 0 amide bonds. The summed E-state index contributed by atoms with van der Waals surface area (Å²) in [5.74, 6) is 3.57. The van der Waals surface area contributed by atoms with Crippen molar-refractivity contribution in [1.82, 2.24) is 5.32 Å². The molecule has 1 aromatic rings. The molecule has 1 aliphatic carbocycles. The Hall–Kier alpha value is -1.26.